The number of carbonyl (C=O) groups excluding carboxylic acids is 2. The number of hydrogen-bond acceptors (Lipinski definition) is 11. The molecule has 1 N–H and O–H groups in total. The minimum Gasteiger partial charge on any atom is -0.497 e. The summed E-state index contributed by atoms with van der Waals surface area (Å²) in [5, 5.41) is 12.5. The molecule has 1 aromatic rings. The van der Waals surface area contributed by atoms with E-state index in [1.807, 2.05) is 6.21 Å². The van der Waals surface area contributed by atoms with E-state index in [-0.39, 0.29) is 53.8 Å². The van der Waals surface area contributed by atoms with Crippen molar-refractivity contribution < 1.29 is 47.9 Å². The fourth-order valence-electron chi connectivity index (χ4n) is 11.3. The molecule has 7 rings (SSSR count). The summed E-state index contributed by atoms with van der Waals surface area (Å²) in [6, 6.07) is 6.63. The number of esters is 2. The topological polar surface area (TPSA) is 131 Å². The monoisotopic (exact) mass is 613 g/mol. The van der Waals surface area contributed by atoms with Gasteiger partial charge in [0, 0.05) is 71.2 Å². The molecule has 0 saturated heterocycles. The molecular formula is C33H43NO10. The van der Waals surface area contributed by atoms with Crippen LogP contribution in [0, 0.1) is 40.4 Å². The van der Waals surface area contributed by atoms with Gasteiger partial charge in [-0.2, -0.15) is 0 Å². The van der Waals surface area contributed by atoms with Gasteiger partial charge < -0.3 is 38.3 Å². The van der Waals surface area contributed by atoms with Crippen molar-refractivity contribution in [3.63, 3.8) is 0 Å². The predicted molar refractivity (Wildman–Crippen MR) is 155 cm³/mol. The van der Waals surface area contributed by atoms with E-state index in [0.29, 0.717) is 37.2 Å². The Morgan fingerprint density at radius 3 is 2.27 bits per heavy atom. The minimum atomic E-state index is -1.41. The van der Waals surface area contributed by atoms with Crippen molar-refractivity contribution in [3.8, 4) is 5.75 Å². The summed E-state index contributed by atoms with van der Waals surface area (Å²) >= 11 is 0. The van der Waals surface area contributed by atoms with Gasteiger partial charge in [0.15, 0.2) is 0 Å². The summed E-state index contributed by atoms with van der Waals surface area (Å²) in [7, 11) is 8.27. The largest absolute Gasteiger partial charge is 0.497 e. The Labute approximate surface area is 257 Å². The smallest absolute Gasteiger partial charge is 0.338 e. The van der Waals surface area contributed by atoms with Gasteiger partial charge in [0.05, 0.1) is 49.0 Å². The molecule has 11 heteroatoms. The van der Waals surface area contributed by atoms with Crippen LogP contribution in [-0.4, -0.2) is 108 Å². The number of methoxy groups -OCH3 is 5. The van der Waals surface area contributed by atoms with E-state index < -0.39 is 40.7 Å². The first-order valence-electron chi connectivity index (χ1n) is 15.5. The van der Waals surface area contributed by atoms with E-state index in [1.54, 1.807) is 59.8 Å². The number of rotatable bonds is 9. The zero-order valence-corrected chi connectivity index (χ0v) is 26.1. The van der Waals surface area contributed by atoms with Crippen LogP contribution in [0.2, 0.25) is 0 Å². The molecule has 240 valence electrons. The Morgan fingerprint density at radius 2 is 1.66 bits per heavy atom. The van der Waals surface area contributed by atoms with Gasteiger partial charge >= 0.3 is 11.9 Å². The summed E-state index contributed by atoms with van der Waals surface area (Å²) in [5.74, 6) is -0.780. The minimum absolute atomic E-state index is 0.00672. The lowest BCUT2D eigenvalue weighted by molar-refractivity contribution is -0.227. The summed E-state index contributed by atoms with van der Waals surface area (Å²) in [4.78, 5) is 31.4. The number of ether oxygens (including phenoxy) is 7. The first-order valence-corrected chi connectivity index (χ1v) is 15.5. The quantitative estimate of drug-likeness (QED) is 0.414. The number of fused-ring (bicyclic) bond motifs is 2. The van der Waals surface area contributed by atoms with Crippen LogP contribution in [0.25, 0.3) is 0 Å². The maximum Gasteiger partial charge on any atom is 0.338 e. The highest BCUT2D eigenvalue weighted by atomic mass is 16.6. The van der Waals surface area contributed by atoms with E-state index in [2.05, 4.69) is 0 Å². The standard InChI is InChI=1S/C33H43NO10/c1-16(35)43-21-12-23(41-5)33-20-13-32(37)22(40-4)11-19(24(20)29(32)44-30(36)17-7-9-18(39-3)10-8-17)25-26(42-6)27(33)31(21,15-38-2)14-34-28(25)33/h7-10,14,19-29,37H,11-13,15H2,1-6H3/t19-,20+,21?,22-,23-,24+,25-,26-,27+,28+,29+,31-,32+,33-/m0/s1. The second-order valence-electron chi connectivity index (χ2n) is 13.6. The molecule has 1 aliphatic heterocycles. The molecule has 0 radical (unpaired) electrons. The van der Waals surface area contributed by atoms with Crippen LogP contribution in [0.3, 0.4) is 0 Å². The summed E-state index contributed by atoms with van der Waals surface area (Å²) < 4.78 is 42.3. The fraction of sp³-hybridized carbons (Fsp3) is 0.727. The third-order valence-electron chi connectivity index (χ3n) is 12.4. The number of aliphatic hydroxyl groups is 1. The molecule has 6 aliphatic rings. The molecule has 1 unspecified atom stereocenters. The van der Waals surface area contributed by atoms with Crippen molar-refractivity contribution in [1.82, 2.24) is 0 Å². The Balaban J connectivity index is 1.37. The van der Waals surface area contributed by atoms with Crippen molar-refractivity contribution in [1.29, 1.82) is 0 Å². The Bertz CT molecular complexity index is 1340. The normalized spacial score (nSPS) is 47.3. The van der Waals surface area contributed by atoms with E-state index in [4.69, 9.17) is 38.2 Å². The van der Waals surface area contributed by atoms with Gasteiger partial charge in [-0.15, -0.1) is 0 Å². The molecule has 11 nitrogen and oxygen atoms in total. The zero-order valence-electron chi connectivity index (χ0n) is 26.1. The lowest BCUT2D eigenvalue weighted by Crippen LogP contribution is -2.71. The first kappa shape index (κ1) is 30.1. The van der Waals surface area contributed by atoms with Crippen molar-refractivity contribution in [2.24, 2.45) is 45.4 Å². The molecule has 5 aliphatic carbocycles. The first-order chi connectivity index (χ1) is 21.2. The van der Waals surface area contributed by atoms with Crippen molar-refractivity contribution in [3.05, 3.63) is 29.8 Å². The molecule has 44 heavy (non-hydrogen) atoms. The Hall–Kier alpha value is -2.57. The number of aliphatic imine (C=N–C) groups is 1. The Kier molecular flexibility index (Phi) is 7.17. The lowest BCUT2D eigenvalue weighted by atomic mass is 9.44. The lowest BCUT2D eigenvalue weighted by Gasteiger charge is -2.64. The SMILES string of the molecule is COC[C@@]12C=N[C@@H]3[C@H]4[C@H]5C[C@H](OC)[C@]6(O)C[C@H]([C@@H]5[C@H]6OC(=O)c5ccc(OC)cc5)[C@]3([C@@H](OC)CC1OC(C)=O)[C@@H]2[C@H]4OC. The van der Waals surface area contributed by atoms with Crippen LogP contribution >= 0.6 is 0 Å². The molecule has 1 spiro atoms. The zero-order chi connectivity index (χ0) is 31.2. The van der Waals surface area contributed by atoms with Crippen LogP contribution in [0.15, 0.2) is 29.3 Å². The molecule has 5 saturated carbocycles. The van der Waals surface area contributed by atoms with E-state index in [0.717, 1.165) is 0 Å². The molecule has 1 heterocycles. The summed E-state index contributed by atoms with van der Waals surface area (Å²) in [5.41, 5.74) is -2.36. The highest BCUT2D eigenvalue weighted by Crippen LogP contribution is 2.78. The average molecular weight is 614 g/mol. The van der Waals surface area contributed by atoms with Gasteiger partial charge in [-0.05, 0) is 48.9 Å². The van der Waals surface area contributed by atoms with Crippen molar-refractivity contribution >= 4 is 18.2 Å². The van der Waals surface area contributed by atoms with Gasteiger partial charge in [0.1, 0.15) is 23.6 Å². The van der Waals surface area contributed by atoms with Crippen LogP contribution < -0.4 is 4.74 Å². The van der Waals surface area contributed by atoms with Crippen LogP contribution in [0.5, 0.6) is 5.75 Å². The highest BCUT2D eigenvalue weighted by molar-refractivity contribution is 5.89. The summed E-state index contributed by atoms with van der Waals surface area (Å²) in [6.45, 7) is 1.71. The van der Waals surface area contributed by atoms with Crippen molar-refractivity contribution in [2.75, 3.05) is 42.2 Å². The van der Waals surface area contributed by atoms with Crippen LogP contribution in [0.4, 0.5) is 0 Å². The predicted octanol–water partition coefficient (Wildman–Crippen LogP) is 2.32. The second kappa shape index (κ2) is 10.5. The molecular weight excluding hydrogens is 570 g/mol. The summed E-state index contributed by atoms with van der Waals surface area (Å²) in [6.07, 6.45) is 0.905. The molecule has 1 aromatic carbocycles. The van der Waals surface area contributed by atoms with Crippen LogP contribution in [-0.2, 0) is 33.2 Å². The average Bonchev–Trinajstić information content (AvgIpc) is 3.33. The van der Waals surface area contributed by atoms with Gasteiger partial charge in [0.25, 0.3) is 0 Å². The van der Waals surface area contributed by atoms with Gasteiger partial charge in [0.2, 0.25) is 0 Å². The van der Waals surface area contributed by atoms with Gasteiger partial charge in [-0.1, -0.05) is 0 Å². The third kappa shape index (κ3) is 3.64. The number of carbonyl (C=O) groups is 2. The Morgan fingerprint density at radius 1 is 0.932 bits per heavy atom. The highest BCUT2D eigenvalue weighted by Gasteiger charge is 2.85. The van der Waals surface area contributed by atoms with Crippen LogP contribution in [0.1, 0.15) is 36.5 Å². The van der Waals surface area contributed by atoms with Gasteiger partial charge in [-0.3, -0.25) is 9.79 Å². The number of nitrogens with zero attached hydrogens (tertiary/aromatic N) is 1. The second-order valence-corrected chi connectivity index (χ2v) is 13.6. The number of hydrogen-bond donors (Lipinski definition) is 1. The number of benzene rings is 1. The van der Waals surface area contributed by atoms with E-state index >= 15 is 0 Å². The fourth-order valence-corrected chi connectivity index (χ4v) is 11.3. The molecule has 0 amide bonds. The van der Waals surface area contributed by atoms with Gasteiger partial charge in [-0.25, -0.2) is 4.79 Å². The maximum atomic E-state index is 13.6. The maximum absolute atomic E-state index is 13.6. The molecule has 7 bridgehead atoms. The molecule has 14 atom stereocenters. The van der Waals surface area contributed by atoms with E-state index in [1.165, 1.54) is 6.92 Å². The third-order valence-corrected chi connectivity index (χ3v) is 12.4. The van der Waals surface area contributed by atoms with Crippen molar-refractivity contribution in [2.45, 2.75) is 68.3 Å². The molecule has 0 aromatic heterocycles. The van der Waals surface area contributed by atoms with E-state index in [9.17, 15) is 14.7 Å². The molecule has 5 fully saturated rings.